The summed E-state index contributed by atoms with van der Waals surface area (Å²) in [5.74, 6) is 0.754. The summed E-state index contributed by atoms with van der Waals surface area (Å²) in [4.78, 5) is 4.18. The van der Waals surface area contributed by atoms with Crippen LogP contribution in [0.1, 0.15) is 44.9 Å². The van der Waals surface area contributed by atoms with Gasteiger partial charge in [-0.3, -0.25) is 4.90 Å². The monoisotopic (exact) mass is 358 g/mol. The van der Waals surface area contributed by atoms with Gasteiger partial charge in [-0.25, -0.2) is 0 Å². The molecular weight excluding hydrogens is 332 g/mol. The van der Waals surface area contributed by atoms with Crippen molar-refractivity contribution in [3.63, 3.8) is 0 Å². The van der Waals surface area contributed by atoms with E-state index in [0.29, 0.717) is 12.1 Å². The fraction of sp³-hybridized carbons (Fsp3) is 0.750. The van der Waals surface area contributed by atoms with E-state index in [4.69, 9.17) is 0 Å². The van der Waals surface area contributed by atoms with E-state index in [-0.39, 0.29) is 0 Å². The zero-order valence-electron chi connectivity index (χ0n) is 12.9. The van der Waals surface area contributed by atoms with Crippen molar-refractivity contribution in [3.05, 3.63) is 20.8 Å². The van der Waals surface area contributed by atoms with E-state index in [1.807, 2.05) is 11.3 Å². The number of nitrogens with zero attached hydrogens (tertiary/aromatic N) is 1. The van der Waals surface area contributed by atoms with Gasteiger partial charge in [0.25, 0.3) is 0 Å². The molecule has 2 heterocycles. The second-order valence-electron chi connectivity index (χ2n) is 5.97. The van der Waals surface area contributed by atoms with Crippen LogP contribution in [0, 0.1) is 5.92 Å². The molecule has 0 radical (unpaired) electrons. The standard InChI is InChI=1S/C16H27BrN2S/c1-4-6-13-10-19(11-16-14(17)7-8-20-16)15(9-18-13)12(3)5-2/h7-8,12-13,15,18H,4-6,9-11H2,1-3H3. The minimum absolute atomic E-state index is 0.666. The van der Waals surface area contributed by atoms with Gasteiger partial charge in [-0.2, -0.15) is 0 Å². The Morgan fingerprint density at radius 1 is 1.50 bits per heavy atom. The molecule has 3 unspecified atom stereocenters. The molecule has 1 aromatic rings. The average Bonchev–Trinajstić information content (AvgIpc) is 2.84. The Bertz CT molecular complexity index is 407. The lowest BCUT2D eigenvalue weighted by Gasteiger charge is -2.43. The van der Waals surface area contributed by atoms with Crippen molar-refractivity contribution in [3.8, 4) is 0 Å². The molecule has 0 amide bonds. The maximum absolute atomic E-state index is 3.76. The molecule has 1 saturated heterocycles. The molecule has 4 heteroatoms. The zero-order valence-corrected chi connectivity index (χ0v) is 15.3. The van der Waals surface area contributed by atoms with Crippen LogP contribution < -0.4 is 5.32 Å². The van der Waals surface area contributed by atoms with Gasteiger partial charge in [0.2, 0.25) is 0 Å². The van der Waals surface area contributed by atoms with Crippen molar-refractivity contribution in [2.24, 2.45) is 5.92 Å². The maximum atomic E-state index is 3.76. The van der Waals surface area contributed by atoms with Gasteiger partial charge >= 0.3 is 0 Å². The lowest BCUT2D eigenvalue weighted by Crippen LogP contribution is -2.57. The second-order valence-corrected chi connectivity index (χ2v) is 7.82. The van der Waals surface area contributed by atoms with Crippen LogP contribution >= 0.6 is 27.3 Å². The van der Waals surface area contributed by atoms with Gasteiger partial charge in [-0.15, -0.1) is 11.3 Å². The molecule has 2 rings (SSSR count). The van der Waals surface area contributed by atoms with Gasteiger partial charge in [0.05, 0.1) is 0 Å². The van der Waals surface area contributed by atoms with Gasteiger partial charge in [0, 0.05) is 41.1 Å². The molecule has 0 saturated carbocycles. The predicted molar refractivity (Wildman–Crippen MR) is 92.4 cm³/mol. The lowest BCUT2D eigenvalue weighted by atomic mass is 9.93. The highest BCUT2D eigenvalue weighted by Gasteiger charge is 2.30. The minimum Gasteiger partial charge on any atom is -0.311 e. The highest BCUT2D eigenvalue weighted by Crippen LogP contribution is 2.28. The Hall–Kier alpha value is 0.1000. The molecule has 114 valence electrons. The molecule has 2 nitrogen and oxygen atoms in total. The van der Waals surface area contributed by atoms with E-state index in [2.05, 4.69) is 58.4 Å². The summed E-state index contributed by atoms with van der Waals surface area (Å²) in [5.41, 5.74) is 0. The van der Waals surface area contributed by atoms with Crippen molar-refractivity contribution < 1.29 is 0 Å². The van der Waals surface area contributed by atoms with Crippen LogP contribution in [0.3, 0.4) is 0 Å². The van der Waals surface area contributed by atoms with E-state index >= 15 is 0 Å². The zero-order chi connectivity index (χ0) is 14.5. The van der Waals surface area contributed by atoms with Crippen LogP contribution in [-0.4, -0.2) is 30.1 Å². The van der Waals surface area contributed by atoms with Crippen LogP contribution in [-0.2, 0) is 6.54 Å². The van der Waals surface area contributed by atoms with Gasteiger partial charge in [-0.1, -0.05) is 33.6 Å². The number of piperazine rings is 1. The van der Waals surface area contributed by atoms with Crippen molar-refractivity contribution in [1.82, 2.24) is 10.2 Å². The average molecular weight is 359 g/mol. The predicted octanol–water partition coefficient (Wildman–Crippen LogP) is 4.50. The summed E-state index contributed by atoms with van der Waals surface area (Å²) in [6.45, 7) is 10.4. The van der Waals surface area contributed by atoms with Crippen LogP contribution in [0.4, 0.5) is 0 Å². The topological polar surface area (TPSA) is 15.3 Å². The number of hydrogen-bond acceptors (Lipinski definition) is 3. The number of nitrogens with one attached hydrogen (secondary N) is 1. The first-order valence-electron chi connectivity index (χ1n) is 7.85. The summed E-state index contributed by atoms with van der Waals surface area (Å²) in [6, 6.07) is 3.51. The molecule has 0 bridgehead atoms. The Morgan fingerprint density at radius 3 is 2.90 bits per heavy atom. The molecule has 0 aliphatic carbocycles. The van der Waals surface area contributed by atoms with E-state index in [1.54, 1.807) is 0 Å². The first-order valence-corrected chi connectivity index (χ1v) is 9.52. The van der Waals surface area contributed by atoms with Crippen molar-refractivity contribution in [1.29, 1.82) is 0 Å². The normalized spacial score (nSPS) is 25.8. The summed E-state index contributed by atoms with van der Waals surface area (Å²) < 4.78 is 1.27. The largest absolute Gasteiger partial charge is 0.311 e. The van der Waals surface area contributed by atoms with Gasteiger partial charge in [0.1, 0.15) is 0 Å². The number of rotatable bonds is 6. The van der Waals surface area contributed by atoms with Crippen LogP contribution in [0.25, 0.3) is 0 Å². The summed E-state index contributed by atoms with van der Waals surface area (Å²) in [6.07, 6.45) is 3.81. The smallest absolute Gasteiger partial charge is 0.0343 e. The Morgan fingerprint density at radius 2 is 2.30 bits per heavy atom. The Balaban J connectivity index is 2.07. The molecule has 3 atom stereocenters. The Labute approximate surface area is 136 Å². The number of halogens is 1. The quantitative estimate of drug-likeness (QED) is 0.805. The highest BCUT2D eigenvalue weighted by atomic mass is 79.9. The third-order valence-electron chi connectivity index (χ3n) is 4.52. The molecule has 20 heavy (non-hydrogen) atoms. The molecule has 0 aromatic carbocycles. The number of thiophene rings is 1. The molecule has 0 spiro atoms. The Kier molecular flexibility index (Phi) is 6.53. The number of hydrogen-bond donors (Lipinski definition) is 1. The molecule has 1 fully saturated rings. The maximum Gasteiger partial charge on any atom is 0.0343 e. The van der Waals surface area contributed by atoms with Crippen LogP contribution in [0.5, 0.6) is 0 Å². The third-order valence-corrected chi connectivity index (χ3v) is 6.43. The van der Waals surface area contributed by atoms with Crippen molar-refractivity contribution in [2.45, 2.75) is 58.7 Å². The molecular formula is C16H27BrN2S. The summed E-state index contributed by atoms with van der Waals surface area (Å²) >= 11 is 5.55. The molecule has 1 aliphatic heterocycles. The van der Waals surface area contributed by atoms with E-state index < -0.39 is 0 Å². The highest BCUT2D eigenvalue weighted by molar-refractivity contribution is 9.10. The second kappa shape index (κ2) is 7.92. The van der Waals surface area contributed by atoms with Gasteiger partial charge < -0.3 is 5.32 Å². The van der Waals surface area contributed by atoms with Gasteiger partial charge in [-0.05, 0) is 39.7 Å². The SMILES string of the molecule is CCCC1CN(Cc2sccc2Br)C(C(C)CC)CN1. The van der Waals surface area contributed by atoms with Crippen molar-refractivity contribution >= 4 is 27.3 Å². The van der Waals surface area contributed by atoms with E-state index in [1.165, 1.54) is 35.2 Å². The molecule has 1 aliphatic rings. The molecule has 1 N–H and O–H groups in total. The molecule has 1 aromatic heterocycles. The lowest BCUT2D eigenvalue weighted by molar-refractivity contribution is 0.0826. The van der Waals surface area contributed by atoms with Gasteiger partial charge in [0.15, 0.2) is 0 Å². The van der Waals surface area contributed by atoms with E-state index in [0.717, 1.165) is 19.0 Å². The van der Waals surface area contributed by atoms with E-state index in [9.17, 15) is 0 Å². The fourth-order valence-corrected chi connectivity index (χ4v) is 4.58. The van der Waals surface area contributed by atoms with Crippen LogP contribution in [0.2, 0.25) is 0 Å². The first kappa shape index (κ1) is 16.5. The summed E-state index contributed by atoms with van der Waals surface area (Å²) in [5, 5.41) is 5.94. The fourth-order valence-electron chi connectivity index (χ4n) is 3.08. The third kappa shape index (κ3) is 4.06. The van der Waals surface area contributed by atoms with Crippen LogP contribution in [0.15, 0.2) is 15.9 Å². The summed E-state index contributed by atoms with van der Waals surface area (Å²) in [7, 11) is 0. The minimum atomic E-state index is 0.666. The van der Waals surface area contributed by atoms with Crippen molar-refractivity contribution in [2.75, 3.05) is 13.1 Å². The first-order chi connectivity index (χ1) is 9.65.